The Hall–Kier alpha value is -1.51. The van der Waals surface area contributed by atoms with E-state index in [1.165, 1.54) is 0 Å². The van der Waals surface area contributed by atoms with Crippen molar-refractivity contribution >= 4 is 11.7 Å². The maximum atomic E-state index is 11.8. The van der Waals surface area contributed by atoms with Gasteiger partial charge in [-0.25, -0.2) is 4.79 Å². The molecule has 98 valence electrons. The minimum absolute atomic E-state index is 0.687. The summed E-state index contributed by atoms with van der Waals surface area (Å²) in [5, 5.41) is 9.67. The van der Waals surface area contributed by atoms with Gasteiger partial charge in [0.15, 0.2) is 0 Å². The first-order chi connectivity index (χ1) is 8.58. The number of para-hydroxylation sites is 1. The molecule has 1 saturated carbocycles. The number of hydrogen-bond donors (Lipinski definition) is 1. The van der Waals surface area contributed by atoms with E-state index >= 15 is 0 Å². The molecule has 1 aromatic rings. The minimum atomic E-state index is -0.718. The summed E-state index contributed by atoms with van der Waals surface area (Å²) in [6.07, 6.45) is 4.64. The Kier molecular flexibility index (Phi) is 3.60. The van der Waals surface area contributed by atoms with Crippen molar-refractivity contribution in [2.45, 2.75) is 44.6 Å². The molecule has 0 bridgehead atoms. The van der Waals surface area contributed by atoms with Gasteiger partial charge >= 0.3 is 5.97 Å². The zero-order valence-corrected chi connectivity index (χ0v) is 11.1. The van der Waals surface area contributed by atoms with Crippen molar-refractivity contribution in [3.63, 3.8) is 0 Å². The van der Waals surface area contributed by atoms with Crippen LogP contribution >= 0.6 is 0 Å². The molecule has 0 radical (unpaired) electrons. The lowest BCUT2D eigenvalue weighted by atomic mass is 9.80. The third-order valence-electron chi connectivity index (χ3n) is 4.20. The number of carbonyl (C=O) groups is 1. The molecule has 3 heteroatoms. The molecule has 0 aromatic heterocycles. The van der Waals surface area contributed by atoms with Gasteiger partial charge in [0.05, 0.1) is 0 Å². The molecule has 1 aliphatic rings. The van der Waals surface area contributed by atoms with E-state index in [0.717, 1.165) is 43.4 Å². The number of anilines is 1. The molecule has 0 aliphatic heterocycles. The third kappa shape index (κ3) is 2.09. The Bertz CT molecular complexity index is 436. The van der Waals surface area contributed by atoms with E-state index in [4.69, 9.17) is 0 Å². The average molecular weight is 247 g/mol. The molecule has 1 fully saturated rings. The molecular weight excluding hydrogens is 226 g/mol. The molecule has 0 unspecified atom stereocenters. The van der Waals surface area contributed by atoms with Gasteiger partial charge in [-0.2, -0.15) is 0 Å². The lowest BCUT2D eigenvalue weighted by Gasteiger charge is -2.43. The van der Waals surface area contributed by atoms with E-state index < -0.39 is 11.5 Å². The van der Waals surface area contributed by atoms with Crippen LogP contribution in [0, 0.1) is 6.92 Å². The second-order valence-electron chi connectivity index (χ2n) is 5.24. The van der Waals surface area contributed by atoms with Crippen molar-refractivity contribution < 1.29 is 9.90 Å². The maximum Gasteiger partial charge on any atom is 0.329 e. The van der Waals surface area contributed by atoms with Crippen LogP contribution in [0.5, 0.6) is 0 Å². The number of likely N-dealkylation sites (N-methyl/N-ethyl adjacent to an activating group) is 1. The van der Waals surface area contributed by atoms with Crippen LogP contribution in [0.3, 0.4) is 0 Å². The zero-order chi connectivity index (χ0) is 13.2. The van der Waals surface area contributed by atoms with Gasteiger partial charge in [-0.15, -0.1) is 0 Å². The van der Waals surface area contributed by atoms with Crippen molar-refractivity contribution in [2.75, 3.05) is 11.9 Å². The fourth-order valence-electron chi connectivity index (χ4n) is 3.00. The molecule has 0 spiro atoms. The third-order valence-corrected chi connectivity index (χ3v) is 4.20. The van der Waals surface area contributed by atoms with Gasteiger partial charge in [-0.3, -0.25) is 0 Å². The van der Waals surface area contributed by atoms with Gasteiger partial charge in [0.1, 0.15) is 5.54 Å². The van der Waals surface area contributed by atoms with Crippen LogP contribution in [0.1, 0.15) is 37.7 Å². The summed E-state index contributed by atoms with van der Waals surface area (Å²) < 4.78 is 0. The number of aliphatic carboxylic acids is 1. The highest BCUT2D eigenvalue weighted by Crippen LogP contribution is 2.37. The summed E-state index contributed by atoms with van der Waals surface area (Å²) in [4.78, 5) is 13.7. The van der Waals surface area contributed by atoms with Crippen LogP contribution < -0.4 is 4.90 Å². The lowest BCUT2D eigenvalue weighted by molar-refractivity contribution is -0.144. The first-order valence-corrected chi connectivity index (χ1v) is 6.61. The van der Waals surface area contributed by atoms with Crippen molar-refractivity contribution in [3.8, 4) is 0 Å². The second-order valence-corrected chi connectivity index (χ2v) is 5.24. The summed E-state index contributed by atoms with van der Waals surface area (Å²) in [6, 6.07) is 8.00. The van der Waals surface area contributed by atoms with Crippen molar-refractivity contribution in [1.29, 1.82) is 0 Å². The Morgan fingerprint density at radius 1 is 1.22 bits per heavy atom. The van der Waals surface area contributed by atoms with E-state index in [-0.39, 0.29) is 0 Å². The van der Waals surface area contributed by atoms with Gasteiger partial charge in [0, 0.05) is 12.7 Å². The van der Waals surface area contributed by atoms with Crippen molar-refractivity contribution in [1.82, 2.24) is 0 Å². The quantitative estimate of drug-likeness (QED) is 0.891. The second kappa shape index (κ2) is 5.01. The molecule has 1 aromatic carbocycles. The van der Waals surface area contributed by atoms with E-state index in [1.54, 1.807) is 0 Å². The van der Waals surface area contributed by atoms with Crippen molar-refractivity contribution in [3.05, 3.63) is 29.8 Å². The normalized spacial score (nSPS) is 18.3. The van der Waals surface area contributed by atoms with Crippen LogP contribution in [-0.2, 0) is 4.79 Å². The number of rotatable bonds is 3. The highest BCUT2D eigenvalue weighted by atomic mass is 16.4. The van der Waals surface area contributed by atoms with Gasteiger partial charge < -0.3 is 10.0 Å². The maximum absolute atomic E-state index is 11.8. The number of hydrogen-bond acceptors (Lipinski definition) is 2. The van der Waals surface area contributed by atoms with Crippen LogP contribution in [0.25, 0.3) is 0 Å². The van der Waals surface area contributed by atoms with Crippen LogP contribution in [-0.4, -0.2) is 23.7 Å². The fourth-order valence-corrected chi connectivity index (χ4v) is 3.00. The Morgan fingerprint density at radius 2 is 1.83 bits per heavy atom. The number of aryl methyl sites for hydroxylation is 1. The van der Waals surface area contributed by atoms with Crippen LogP contribution in [0.15, 0.2) is 24.3 Å². The molecule has 0 amide bonds. The smallest absolute Gasteiger partial charge is 0.329 e. The average Bonchev–Trinajstić information content (AvgIpc) is 2.39. The summed E-state index contributed by atoms with van der Waals surface area (Å²) in [7, 11) is 1.92. The summed E-state index contributed by atoms with van der Waals surface area (Å²) in [6.45, 7) is 2.03. The van der Waals surface area contributed by atoms with Gasteiger partial charge in [-0.05, 0) is 31.4 Å². The van der Waals surface area contributed by atoms with Crippen LogP contribution in [0.2, 0.25) is 0 Å². The monoisotopic (exact) mass is 247 g/mol. The minimum Gasteiger partial charge on any atom is -0.479 e. The van der Waals surface area contributed by atoms with Crippen LogP contribution in [0.4, 0.5) is 5.69 Å². The largest absolute Gasteiger partial charge is 0.479 e. The van der Waals surface area contributed by atoms with E-state index in [9.17, 15) is 9.90 Å². The van der Waals surface area contributed by atoms with Gasteiger partial charge in [-0.1, -0.05) is 37.5 Å². The van der Waals surface area contributed by atoms with Gasteiger partial charge in [0.25, 0.3) is 0 Å². The standard InChI is InChI=1S/C15H21NO2/c1-12-8-4-5-9-13(12)16(2)15(14(17)18)10-6-3-7-11-15/h4-5,8-9H,3,6-7,10-11H2,1-2H3,(H,17,18). The fraction of sp³-hybridized carbons (Fsp3) is 0.533. The Balaban J connectivity index is 2.37. The number of benzene rings is 1. The summed E-state index contributed by atoms with van der Waals surface area (Å²) in [5.74, 6) is -0.687. The van der Waals surface area contributed by atoms with E-state index in [0.29, 0.717) is 0 Å². The molecule has 2 rings (SSSR count). The molecule has 18 heavy (non-hydrogen) atoms. The topological polar surface area (TPSA) is 40.5 Å². The number of carboxylic acids is 1. The highest BCUT2D eigenvalue weighted by Gasteiger charge is 2.43. The molecule has 0 saturated heterocycles. The highest BCUT2D eigenvalue weighted by molar-refractivity contribution is 5.84. The van der Waals surface area contributed by atoms with E-state index in [1.807, 2.05) is 43.1 Å². The first kappa shape index (κ1) is 12.9. The molecule has 0 heterocycles. The first-order valence-electron chi connectivity index (χ1n) is 6.61. The number of nitrogens with zero attached hydrogens (tertiary/aromatic N) is 1. The number of carboxylic acid groups (broad SMARTS) is 1. The zero-order valence-electron chi connectivity index (χ0n) is 11.1. The molecule has 1 N–H and O–H groups in total. The molecular formula is C15H21NO2. The SMILES string of the molecule is Cc1ccccc1N(C)C1(C(=O)O)CCCCC1. The summed E-state index contributed by atoms with van der Waals surface area (Å²) >= 11 is 0. The lowest BCUT2D eigenvalue weighted by Crippen LogP contribution is -2.54. The van der Waals surface area contributed by atoms with Crippen molar-refractivity contribution in [2.24, 2.45) is 0 Å². The van der Waals surface area contributed by atoms with E-state index in [2.05, 4.69) is 0 Å². The predicted octanol–water partition coefficient (Wildman–Crippen LogP) is 3.22. The Morgan fingerprint density at radius 3 is 2.39 bits per heavy atom. The molecule has 0 atom stereocenters. The molecule has 3 nitrogen and oxygen atoms in total. The Labute approximate surface area is 108 Å². The summed E-state index contributed by atoms with van der Waals surface area (Å²) in [5.41, 5.74) is 1.44. The predicted molar refractivity (Wildman–Crippen MR) is 73.0 cm³/mol. The van der Waals surface area contributed by atoms with Gasteiger partial charge in [0.2, 0.25) is 0 Å². The molecule has 1 aliphatic carbocycles.